The minimum Gasteiger partial charge on any atom is -0.386 e. The summed E-state index contributed by atoms with van der Waals surface area (Å²) in [5, 5.41) is 10.6. The average Bonchev–Trinajstić information content (AvgIpc) is 2.83. The summed E-state index contributed by atoms with van der Waals surface area (Å²) in [6.07, 6.45) is 5.56. The van der Waals surface area contributed by atoms with Crippen LogP contribution in [0.3, 0.4) is 0 Å². The van der Waals surface area contributed by atoms with Gasteiger partial charge in [-0.1, -0.05) is 0 Å². The maximum atomic E-state index is 10.6. The van der Waals surface area contributed by atoms with Crippen LogP contribution in [0.1, 0.15) is 43.9 Å². The van der Waals surface area contributed by atoms with E-state index in [1.54, 1.807) is 12.4 Å². The molecule has 1 saturated heterocycles. The number of rotatable bonds is 3. The first-order valence-corrected chi connectivity index (χ1v) is 6.37. The maximum absolute atomic E-state index is 10.6. The van der Waals surface area contributed by atoms with E-state index >= 15 is 0 Å². The highest BCUT2D eigenvalue weighted by molar-refractivity contribution is 5.26. The molecule has 94 valence electrons. The van der Waals surface area contributed by atoms with Crippen molar-refractivity contribution in [2.24, 2.45) is 0 Å². The van der Waals surface area contributed by atoms with Gasteiger partial charge in [0.25, 0.3) is 0 Å². The van der Waals surface area contributed by atoms with E-state index in [1.165, 1.54) is 12.8 Å². The molecule has 1 fully saturated rings. The van der Waals surface area contributed by atoms with E-state index in [2.05, 4.69) is 23.7 Å². The molecule has 1 unspecified atom stereocenters. The van der Waals surface area contributed by atoms with Gasteiger partial charge < -0.3 is 5.11 Å². The molecule has 0 amide bonds. The lowest BCUT2D eigenvalue weighted by atomic mass is 9.88. The quantitative estimate of drug-likeness (QED) is 0.871. The molecule has 0 bridgehead atoms. The summed E-state index contributed by atoms with van der Waals surface area (Å²) in [4.78, 5) is 6.51. The van der Waals surface area contributed by atoms with E-state index in [-0.39, 0.29) is 5.54 Å². The fourth-order valence-electron chi connectivity index (χ4n) is 2.61. The summed E-state index contributed by atoms with van der Waals surface area (Å²) < 4.78 is 0. The minimum absolute atomic E-state index is 0.218. The Morgan fingerprint density at radius 1 is 1.35 bits per heavy atom. The number of aliphatic hydroxyl groups is 1. The Balaban J connectivity index is 2.24. The summed E-state index contributed by atoms with van der Waals surface area (Å²) in [7, 11) is 0. The van der Waals surface area contributed by atoms with Crippen molar-refractivity contribution in [3.8, 4) is 0 Å². The number of pyridine rings is 1. The van der Waals surface area contributed by atoms with Crippen molar-refractivity contribution in [1.29, 1.82) is 0 Å². The number of aryl methyl sites for hydroxylation is 1. The van der Waals surface area contributed by atoms with E-state index in [9.17, 15) is 5.11 Å². The SMILES string of the molecule is Cc1ccncc1C(O)C(C)(C)N1CCCC1. The monoisotopic (exact) mass is 234 g/mol. The number of nitrogens with zero attached hydrogens (tertiary/aromatic N) is 2. The van der Waals surface area contributed by atoms with E-state index in [0.29, 0.717) is 0 Å². The highest BCUT2D eigenvalue weighted by atomic mass is 16.3. The molecule has 2 heterocycles. The summed E-state index contributed by atoms with van der Waals surface area (Å²) >= 11 is 0. The third-order valence-corrected chi connectivity index (χ3v) is 3.96. The van der Waals surface area contributed by atoms with Crippen molar-refractivity contribution in [3.05, 3.63) is 29.6 Å². The number of hydrogen-bond donors (Lipinski definition) is 1. The molecule has 2 rings (SSSR count). The molecule has 1 atom stereocenters. The number of hydrogen-bond acceptors (Lipinski definition) is 3. The fourth-order valence-corrected chi connectivity index (χ4v) is 2.61. The molecule has 1 aliphatic rings. The van der Waals surface area contributed by atoms with Gasteiger partial charge in [-0.05, 0) is 58.3 Å². The molecule has 1 N–H and O–H groups in total. The van der Waals surface area contributed by atoms with Gasteiger partial charge in [-0.3, -0.25) is 9.88 Å². The van der Waals surface area contributed by atoms with Crippen LogP contribution in [0, 0.1) is 6.92 Å². The summed E-state index contributed by atoms with van der Waals surface area (Å²) in [5.41, 5.74) is 1.84. The smallest absolute Gasteiger partial charge is 0.0985 e. The van der Waals surface area contributed by atoms with E-state index < -0.39 is 6.10 Å². The Morgan fingerprint density at radius 2 is 2.00 bits per heavy atom. The lowest BCUT2D eigenvalue weighted by molar-refractivity contribution is 0.000778. The topological polar surface area (TPSA) is 36.4 Å². The molecule has 0 saturated carbocycles. The molecular weight excluding hydrogens is 212 g/mol. The molecule has 0 radical (unpaired) electrons. The van der Waals surface area contributed by atoms with Crippen LogP contribution in [0.15, 0.2) is 18.5 Å². The summed E-state index contributed by atoms with van der Waals surface area (Å²) in [6, 6.07) is 1.96. The first-order chi connectivity index (χ1) is 8.03. The predicted octanol–water partition coefficient (Wildman–Crippen LogP) is 2.30. The Hall–Kier alpha value is -0.930. The van der Waals surface area contributed by atoms with Crippen LogP contribution in [0.4, 0.5) is 0 Å². The van der Waals surface area contributed by atoms with Crippen molar-refractivity contribution >= 4 is 0 Å². The molecule has 0 aliphatic carbocycles. The Labute approximate surface area is 103 Å². The highest BCUT2D eigenvalue weighted by Gasteiger charge is 2.37. The molecule has 0 aromatic carbocycles. The minimum atomic E-state index is -0.478. The summed E-state index contributed by atoms with van der Waals surface area (Å²) in [6.45, 7) is 8.44. The van der Waals surface area contributed by atoms with Gasteiger partial charge in [0.05, 0.1) is 6.10 Å². The third-order valence-electron chi connectivity index (χ3n) is 3.96. The van der Waals surface area contributed by atoms with Crippen molar-refractivity contribution in [2.45, 2.75) is 45.3 Å². The van der Waals surface area contributed by atoms with Gasteiger partial charge in [0.2, 0.25) is 0 Å². The standard InChI is InChI=1S/C14H22N2O/c1-11-6-7-15-10-12(11)13(17)14(2,3)16-8-4-5-9-16/h6-7,10,13,17H,4-5,8-9H2,1-3H3. The number of likely N-dealkylation sites (tertiary alicyclic amines) is 1. The molecular formula is C14H22N2O. The molecule has 3 heteroatoms. The van der Waals surface area contributed by atoms with Gasteiger partial charge in [-0.2, -0.15) is 0 Å². The second-order valence-electron chi connectivity index (χ2n) is 5.48. The Bertz CT molecular complexity index is 384. The van der Waals surface area contributed by atoms with E-state index in [1.807, 2.05) is 13.0 Å². The normalized spacial score (nSPS) is 19.5. The maximum Gasteiger partial charge on any atom is 0.0985 e. The average molecular weight is 234 g/mol. The van der Waals surface area contributed by atoms with Crippen LogP contribution >= 0.6 is 0 Å². The van der Waals surface area contributed by atoms with Crippen molar-refractivity contribution in [2.75, 3.05) is 13.1 Å². The van der Waals surface area contributed by atoms with Crippen LogP contribution in [0.5, 0.6) is 0 Å². The van der Waals surface area contributed by atoms with Crippen molar-refractivity contribution in [1.82, 2.24) is 9.88 Å². The van der Waals surface area contributed by atoms with Crippen LogP contribution in [0.25, 0.3) is 0 Å². The van der Waals surface area contributed by atoms with Crippen LogP contribution in [0.2, 0.25) is 0 Å². The Morgan fingerprint density at radius 3 is 2.59 bits per heavy atom. The summed E-state index contributed by atoms with van der Waals surface area (Å²) in [5.74, 6) is 0. The lowest BCUT2D eigenvalue weighted by Crippen LogP contribution is -2.47. The van der Waals surface area contributed by atoms with Gasteiger partial charge >= 0.3 is 0 Å². The van der Waals surface area contributed by atoms with Crippen LogP contribution < -0.4 is 0 Å². The van der Waals surface area contributed by atoms with Gasteiger partial charge in [-0.25, -0.2) is 0 Å². The van der Waals surface area contributed by atoms with Gasteiger partial charge in [0, 0.05) is 23.5 Å². The van der Waals surface area contributed by atoms with Gasteiger partial charge in [0.1, 0.15) is 0 Å². The van der Waals surface area contributed by atoms with Crippen molar-refractivity contribution in [3.63, 3.8) is 0 Å². The van der Waals surface area contributed by atoms with Gasteiger partial charge in [-0.15, -0.1) is 0 Å². The zero-order valence-electron chi connectivity index (χ0n) is 11.0. The van der Waals surface area contributed by atoms with E-state index in [4.69, 9.17) is 0 Å². The van der Waals surface area contributed by atoms with E-state index in [0.717, 1.165) is 24.2 Å². The molecule has 3 nitrogen and oxygen atoms in total. The fraction of sp³-hybridized carbons (Fsp3) is 0.643. The second-order valence-corrected chi connectivity index (χ2v) is 5.48. The van der Waals surface area contributed by atoms with Crippen LogP contribution in [-0.4, -0.2) is 33.6 Å². The largest absolute Gasteiger partial charge is 0.386 e. The molecule has 1 aromatic heterocycles. The van der Waals surface area contributed by atoms with Gasteiger partial charge in [0.15, 0.2) is 0 Å². The van der Waals surface area contributed by atoms with Crippen molar-refractivity contribution < 1.29 is 5.11 Å². The lowest BCUT2D eigenvalue weighted by Gasteiger charge is -2.40. The highest BCUT2D eigenvalue weighted by Crippen LogP contribution is 2.34. The van der Waals surface area contributed by atoms with Crippen LogP contribution in [-0.2, 0) is 0 Å². The first kappa shape index (κ1) is 12.5. The number of aliphatic hydroxyl groups excluding tert-OH is 1. The zero-order valence-corrected chi connectivity index (χ0v) is 11.0. The molecule has 0 spiro atoms. The number of aromatic nitrogens is 1. The first-order valence-electron chi connectivity index (χ1n) is 6.37. The molecule has 1 aliphatic heterocycles. The predicted molar refractivity (Wildman–Crippen MR) is 68.8 cm³/mol. The third kappa shape index (κ3) is 2.35. The Kier molecular flexibility index (Phi) is 3.50. The molecule has 1 aromatic rings. The zero-order chi connectivity index (χ0) is 12.5. The second kappa shape index (κ2) is 4.75. The molecule has 17 heavy (non-hydrogen) atoms.